The second kappa shape index (κ2) is 15.8. The molecular weight excluding hydrogens is 458 g/mol. The van der Waals surface area contributed by atoms with Crippen LogP contribution in [0.1, 0.15) is 33.1 Å². The van der Waals surface area contributed by atoms with Crippen molar-refractivity contribution in [2.75, 3.05) is 24.0 Å². The van der Waals surface area contributed by atoms with Gasteiger partial charge in [-0.1, -0.05) is 13.8 Å². The molecule has 4 amide bonds. The molecule has 0 rings (SSSR count). The Balaban J connectivity index is 5.42. The first kappa shape index (κ1) is 30.0. The predicted molar refractivity (Wildman–Crippen MR) is 126 cm³/mol. The Morgan fingerprint density at radius 3 is 1.81 bits per heavy atom. The van der Waals surface area contributed by atoms with E-state index in [1.54, 1.807) is 13.8 Å². The maximum atomic E-state index is 12.8. The largest absolute Gasteiger partial charge is 0.480 e. The Hall–Kier alpha value is -1.99. The number of rotatable bonds is 16. The highest BCUT2D eigenvalue weighted by atomic mass is 32.2. The maximum absolute atomic E-state index is 12.8. The van der Waals surface area contributed by atoms with E-state index >= 15 is 0 Å². The summed E-state index contributed by atoms with van der Waals surface area (Å²) in [7, 11) is 0. The fourth-order valence-electron chi connectivity index (χ4n) is 2.61. The number of nitrogens with two attached hydrogens (primary N) is 2. The summed E-state index contributed by atoms with van der Waals surface area (Å²) in [6, 6.07) is -4.38. The van der Waals surface area contributed by atoms with Crippen LogP contribution in [0.25, 0.3) is 0 Å². The van der Waals surface area contributed by atoms with Gasteiger partial charge in [-0.15, -0.1) is 0 Å². The van der Waals surface area contributed by atoms with Crippen LogP contribution >= 0.6 is 23.5 Å². The number of carbonyl (C=O) groups excluding carboxylic acids is 4. The normalized spacial score (nSPS) is 14.7. The first-order chi connectivity index (χ1) is 14.9. The standard InChI is InChI=1S/C19H35N5O6S2/c1-10(2)15(19(29)30)24-17(27)12(6-8-32-4)22-18(28)13(9-14(21)25)23-16(26)11(20)5-7-31-3/h10-13,15H,5-9,20H2,1-4H3,(H2,21,25)(H,22,28)(H,23,26)(H,24,27)(H,29,30). The molecule has 184 valence electrons. The number of carbonyl (C=O) groups is 5. The molecular formula is C19H35N5O6S2. The molecule has 0 radical (unpaired) electrons. The molecule has 0 spiro atoms. The van der Waals surface area contributed by atoms with Crippen molar-refractivity contribution in [3.05, 3.63) is 0 Å². The van der Waals surface area contributed by atoms with Crippen LogP contribution in [0.3, 0.4) is 0 Å². The summed E-state index contributed by atoms with van der Waals surface area (Å²) in [5.74, 6) is -3.32. The van der Waals surface area contributed by atoms with Gasteiger partial charge in [-0.3, -0.25) is 19.2 Å². The monoisotopic (exact) mass is 493 g/mol. The van der Waals surface area contributed by atoms with Gasteiger partial charge in [-0.25, -0.2) is 4.79 Å². The van der Waals surface area contributed by atoms with Gasteiger partial charge in [-0.05, 0) is 42.8 Å². The molecule has 4 atom stereocenters. The third-order valence-corrected chi connectivity index (χ3v) is 5.77. The van der Waals surface area contributed by atoms with Crippen LogP contribution in [-0.2, 0) is 24.0 Å². The summed E-state index contributed by atoms with van der Waals surface area (Å²) in [4.78, 5) is 60.6. The van der Waals surface area contributed by atoms with Crippen LogP contribution in [0.5, 0.6) is 0 Å². The number of aliphatic carboxylic acids is 1. The highest BCUT2D eigenvalue weighted by Gasteiger charge is 2.31. The lowest BCUT2D eigenvalue weighted by Gasteiger charge is -2.25. The minimum atomic E-state index is -1.31. The highest BCUT2D eigenvalue weighted by Crippen LogP contribution is 2.07. The number of thioether (sulfide) groups is 2. The topological polar surface area (TPSA) is 194 Å². The first-order valence-corrected chi connectivity index (χ1v) is 12.9. The van der Waals surface area contributed by atoms with Gasteiger partial charge in [0.1, 0.15) is 18.1 Å². The molecule has 4 unspecified atom stereocenters. The Labute approximate surface area is 196 Å². The number of hydrogen-bond donors (Lipinski definition) is 6. The lowest BCUT2D eigenvalue weighted by molar-refractivity contribution is -0.143. The second-order valence-corrected chi connectivity index (χ2v) is 9.50. The minimum Gasteiger partial charge on any atom is -0.480 e. The van der Waals surface area contributed by atoms with Crippen molar-refractivity contribution in [1.29, 1.82) is 0 Å². The second-order valence-electron chi connectivity index (χ2n) is 7.53. The Bertz CT molecular complexity index is 664. The summed E-state index contributed by atoms with van der Waals surface area (Å²) >= 11 is 2.95. The average molecular weight is 494 g/mol. The summed E-state index contributed by atoms with van der Waals surface area (Å²) in [6.07, 6.45) is 3.79. The van der Waals surface area contributed by atoms with E-state index in [9.17, 15) is 29.1 Å². The molecule has 0 aliphatic carbocycles. The number of carboxylic acids is 1. The zero-order valence-corrected chi connectivity index (χ0v) is 20.5. The molecule has 0 aliphatic rings. The van der Waals surface area contributed by atoms with Crippen molar-refractivity contribution in [2.45, 2.75) is 57.3 Å². The summed E-state index contributed by atoms with van der Waals surface area (Å²) < 4.78 is 0. The van der Waals surface area contributed by atoms with E-state index in [2.05, 4.69) is 16.0 Å². The molecule has 0 aromatic rings. The average Bonchev–Trinajstić information content (AvgIpc) is 2.71. The first-order valence-electron chi connectivity index (χ1n) is 10.1. The lowest BCUT2D eigenvalue weighted by Crippen LogP contribution is -2.58. The highest BCUT2D eigenvalue weighted by molar-refractivity contribution is 7.98. The SMILES string of the molecule is CSCCC(N)C(=O)NC(CC(N)=O)C(=O)NC(CCSC)C(=O)NC(C(=O)O)C(C)C. The zero-order chi connectivity index (χ0) is 24.8. The van der Waals surface area contributed by atoms with Crippen molar-refractivity contribution in [3.63, 3.8) is 0 Å². The number of hydrogen-bond acceptors (Lipinski definition) is 8. The van der Waals surface area contributed by atoms with Crippen molar-refractivity contribution < 1.29 is 29.1 Å². The zero-order valence-electron chi connectivity index (χ0n) is 18.9. The van der Waals surface area contributed by atoms with Gasteiger partial charge in [0.15, 0.2) is 0 Å². The van der Waals surface area contributed by atoms with Gasteiger partial charge in [0, 0.05) is 0 Å². The Kier molecular flexibility index (Phi) is 14.8. The molecule has 0 fully saturated rings. The molecule has 0 saturated carbocycles. The van der Waals surface area contributed by atoms with Crippen molar-refractivity contribution >= 4 is 53.1 Å². The quantitative estimate of drug-likeness (QED) is 0.155. The van der Waals surface area contributed by atoms with Crippen LogP contribution in [-0.4, -0.2) is 82.9 Å². The maximum Gasteiger partial charge on any atom is 0.326 e. The van der Waals surface area contributed by atoms with Gasteiger partial charge >= 0.3 is 5.97 Å². The predicted octanol–water partition coefficient (Wildman–Crippen LogP) is -1.11. The summed E-state index contributed by atoms with van der Waals surface area (Å²) in [5.41, 5.74) is 11.0. The van der Waals surface area contributed by atoms with Crippen molar-refractivity contribution in [2.24, 2.45) is 17.4 Å². The molecule has 0 heterocycles. The van der Waals surface area contributed by atoms with Crippen LogP contribution < -0.4 is 27.4 Å². The molecule has 0 bridgehead atoms. The number of carboxylic acid groups (broad SMARTS) is 1. The fraction of sp³-hybridized carbons (Fsp3) is 0.737. The van der Waals surface area contributed by atoms with Crippen LogP contribution in [0.4, 0.5) is 0 Å². The van der Waals surface area contributed by atoms with Gasteiger partial charge in [-0.2, -0.15) is 23.5 Å². The molecule has 0 aromatic carbocycles. The molecule has 0 aromatic heterocycles. The lowest BCUT2D eigenvalue weighted by atomic mass is 10.0. The van der Waals surface area contributed by atoms with Gasteiger partial charge in [0.25, 0.3) is 0 Å². The molecule has 0 aliphatic heterocycles. The van der Waals surface area contributed by atoms with Gasteiger partial charge < -0.3 is 32.5 Å². The van der Waals surface area contributed by atoms with Gasteiger partial charge in [0.05, 0.1) is 12.5 Å². The number of amides is 4. The van der Waals surface area contributed by atoms with Crippen LogP contribution in [0.15, 0.2) is 0 Å². The van der Waals surface area contributed by atoms with Crippen molar-refractivity contribution in [1.82, 2.24) is 16.0 Å². The smallest absolute Gasteiger partial charge is 0.326 e. The minimum absolute atomic E-state index is 0.216. The Morgan fingerprint density at radius 1 is 0.844 bits per heavy atom. The van der Waals surface area contributed by atoms with E-state index < -0.39 is 60.2 Å². The summed E-state index contributed by atoms with van der Waals surface area (Å²) in [5, 5.41) is 16.7. The Morgan fingerprint density at radius 2 is 1.34 bits per heavy atom. The molecule has 13 heteroatoms. The molecule has 0 saturated heterocycles. The summed E-state index contributed by atoms with van der Waals surface area (Å²) in [6.45, 7) is 3.29. The third-order valence-electron chi connectivity index (χ3n) is 4.48. The van der Waals surface area contributed by atoms with E-state index in [-0.39, 0.29) is 12.3 Å². The molecule has 32 heavy (non-hydrogen) atoms. The van der Waals surface area contributed by atoms with Crippen molar-refractivity contribution in [3.8, 4) is 0 Å². The molecule has 11 nitrogen and oxygen atoms in total. The van der Waals surface area contributed by atoms with E-state index in [0.717, 1.165) is 0 Å². The van der Waals surface area contributed by atoms with E-state index in [0.29, 0.717) is 17.9 Å². The molecule has 8 N–H and O–H groups in total. The number of primary amides is 1. The van der Waals surface area contributed by atoms with E-state index in [4.69, 9.17) is 11.5 Å². The fourth-order valence-corrected chi connectivity index (χ4v) is 3.57. The van der Waals surface area contributed by atoms with E-state index in [1.807, 2.05) is 12.5 Å². The van der Waals surface area contributed by atoms with Gasteiger partial charge in [0.2, 0.25) is 23.6 Å². The van der Waals surface area contributed by atoms with Crippen LogP contribution in [0, 0.1) is 5.92 Å². The van der Waals surface area contributed by atoms with Crippen LogP contribution in [0.2, 0.25) is 0 Å². The number of nitrogens with one attached hydrogen (secondary N) is 3. The van der Waals surface area contributed by atoms with E-state index in [1.165, 1.54) is 23.5 Å². The third kappa shape index (κ3) is 11.6.